The van der Waals surface area contributed by atoms with Gasteiger partial charge in [-0.05, 0) is 6.92 Å². The summed E-state index contributed by atoms with van der Waals surface area (Å²) < 4.78 is 6.14. The largest absolute Gasteiger partial charge is 0.370 e. The van der Waals surface area contributed by atoms with Gasteiger partial charge in [-0.15, -0.1) is 0 Å². The molecule has 1 aromatic carbocycles. The molecule has 0 bridgehead atoms. The average molecular weight is 234 g/mol. The van der Waals surface area contributed by atoms with E-state index in [-0.39, 0.29) is 5.78 Å². The highest BCUT2D eigenvalue weighted by molar-refractivity contribution is 5.97. The SMILES string of the molecule is Cc1ccc(C(=O)C[N+]2(C)CCOCC2)cc1. The minimum absolute atomic E-state index is 0.231. The average Bonchev–Trinajstić information content (AvgIpc) is 2.30. The Bertz CT molecular complexity index is 391. The molecule has 1 aromatic rings. The smallest absolute Gasteiger partial charge is 0.216 e. The van der Waals surface area contributed by atoms with Gasteiger partial charge in [-0.2, -0.15) is 0 Å². The van der Waals surface area contributed by atoms with Gasteiger partial charge in [-0.1, -0.05) is 29.8 Å². The molecule has 0 radical (unpaired) electrons. The molecule has 1 fully saturated rings. The molecule has 0 amide bonds. The number of benzene rings is 1. The molecule has 0 saturated carbocycles. The standard InChI is InChI=1S/C14H20NO2/c1-12-3-5-13(6-4-12)14(16)11-15(2)7-9-17-10-8-15/h3-6H,7-11H2,1-2H3/q+1. The zero-order valence-corrected chi connectivity index (χ0v) is 10.6. The van der Waals surface area contributed by atoms with Crippen LogP contribution in [0.3, 0.4) is 0 Å². The summed E-state index contributed by atoms with van der Waals surface area (Å²) in [6, 6.07) is 7.83. The number of nitrogens with zero attached hydrogens (tertiary/aromatic N) is 1. The first-order valence-electron chi connectivity index (χ1n) is 6.10. The molecule has 0 spiro atoms. The van der Waals surface area contributed by atoms with E-state index < -0.39 is 0 Å². The Labute approximate surface area is 103 Å². The third-order valence-corrected chi connectivity index (χ3v) is 3.45. The fraction of sp³-hybridized carbons (Fsp3) is 0.500. The molecule has 0 atom stereocenters. The topological polar surface area (TPSA) is 26.3 Å². The van der Waals surface area contributed by atoms with Gasteiger partial charge in [0.15, 0.2) is 0 Å². The number of carbonyl (C=O) groups excluding carboxylic acids is 1. The van der Waals surface area contributed by atoms with Crippen molar-refractivity contribution in [3.05, 3.63) is 35.4 Å². The second-order valence-corrected chi connectivity index (χ2v) is 5.13. The molecule has 0 unspecified atom stereocenters. The molecule has 2 rings (SSSR count). The van der Waals surface area contributed by atoms with Gasteiger partial charge in [0, 0.05) is 5.56 Å². The lowest BCUT2D eigenvalue weighted by Gasteiger charge is -2.36. The van der Waals surface area contributed by atoms with Crippen molar-refractivity contribution in [3.8, 4) is 0 Å². The number of ketones is 1. The van der Waals surface area contributed by atoms with Crippen molar-refractivity contribution in [3.63, 3.8) is 0 Å². The van der Waals surface area contributed by atoms with E-state index in [9.17, 15) is 4.79 Å². The van der Waals surface area contributed by atoms with Crippen LogP contribution in [0.15, 0.2) is 24.3 Å². The Morgan fingerprint density at radius 1 is 1.24 bits per heavy atom. The van der Waals surface area contributed by atoms with E-state index in [1.165, 1.54) is 5.56 Å². The van der Waals surface area contributed by atoms with Crippen LogP contribution in [0, 0.1) is 6.92 Å². The van der Waals surface area contributed by atoms with E-state index >= 15 is 0 Å². The van der Waals surface area contributed by atoms with Gasteiger partial charge in [-0.25, -0.2) is 0 Å². The Morgan fingerprint density at radius 2 is 1.82 bits per heavy atom. The Hall–Kier alpha value is -1.19. The van der Waals surface area contributed by atoms with Crippen molar-refractivity contribution in [1.29, 1.82) is 0 Å². The molecule has 3 heteroatoms. The van der Waals surface area contributed by atoms with Crippen LogP contribution in [-0.2, 0) is 4.74 Å². The summed E-state index contributed by atoms with van der Waals surface area (Å²) in [6.07, 6.45) is 0. The van der Waals surface area contributed by atoms with E-state index in [2.05, 4.69) is 7.05 Å². The summed E-state index contributed by atoms with van der Waals surface area (Å²) >= 11 is 0. The summed E-state index contributed by atoms with van der Waals surface area (Å²) in [7, 11) is 2.13. The summed E-state index contributed by atoms with van der Waals surface area (Å²) in [6.45, 7) is 5.99. The highest BCUT2D eigenvalue weighted by Crippen LogP contribution is 2.11. The van der Waals surface area contributed by atoms with Gasteiger partial charge in [0.25, 0.3) is 0 Å². The summed E-state index contributed by atoms with van der Waals surface area (Å²) in [5.41, 5.74) is 2.01. The number of aryl methyl sites for hydroxylation is 1. The van der Waals surface area contributed by atoms with Crippen LogP contribution < -0.4 is 0 Å². The highest BCUT2D eigenvalue weighted by atomic mass is 16.5. The molecular formula is C14H20NO2+. The number of quaternary nitrogens is 1. The quantitative estimate of drug-likeness (QED) is 0.587. The highest BCUT2D eigenvalue weighted by Gasteiger charge is 2.28. The molecule has 1 aliphatic heterocycles. The predicted molar refractivity (Wildman–Crippen MR) is 67.1 cm³/mol. The van der Waals surface area contributed by atoms with Gasteiger partial charge in [0.2, 0.25) is 5.78 Å². The lowest BCUT2D eigenvalue weighted by molar-refractivity contribution is -0.908. The Morgan fingerprint density at radius 3 is 2.41 bits per heavy atom. The van der Waals surface area contributed by atoms with Crippen molar-refractivity contribution >= 4 is 5.78 Å². The number of Topliss-reactive ketones (excluding diaryl/α,β-unsaturated/α-hetero) is 1. The molecular weight excluding hydrogens is 214 g/mol. The predicted octanol–water partition coefficient (Wildman–Crippen LogP) is 1.65. The second kappa shape index (κ2) is 4.98. The number of hydrogen-bond donors (Lipinski definition) is 0. The van der Waals surface area contributed by atoms with Crippen molar-refractivity contribution < 1.29 is 14.0 Å². The molecule has 1 heterocycles. The lowest BCUT2D eigenvalue weighted by Crippen LogP contribution is -2.54. The van der Waals surface area contributed by atoms with E-state index in [1.807, 2.05) is 31.2 Å². The zero-order valence-electron chi connectivity index (χ0n) is 10.6. The first-order valence-corrected chi connectivity index (χ1v) is 6.10. The number of ether oxygens (including phenoxy) is 1. The van der Waals surface area contributed by atoms with E-state index in [0.717, 1.165) is 36.3 Å². The molecule has 1 aliphatic rings. The Kier molecular flexibility index (Phi) is 3.60. The molecule has 92 valence electrons. The lowest BCUT2D eigenvalue weighted by atomic mass is 10.1. The maximum absolute atomic E-state index is 12.2. The maximum Gasteiger partial charge on any atom is 0.216 e. The van der Waals surface area contributed by atoms with Crippen molar-refractivity contribution in [2.24, 2.45) is 0 Å². The van der Waals surface area contributed by atoms with Crippen LogP contribution in [0.2, 0.25) is 0 Å². The van der Waals surface area contributed by atoms with Crippen molar-refractivity contribution in [1.82, 2.24) is 0 Å². The molecule has 1 saturated heterocycles. The van der Waals surface area contributed by atoms with Gasteiger partial charge in [0.05, 0.1) is 20.3 Å². The molecule has 0 aromatic heterocycles. The number of likely N-dealkylation sites (N-methyl/N-ethyl adjacent to an activating group) is 1. The Balaban J connectivity index is 2.03. The third kappa shape index (κ3) is 3.14. The first kappa shape index (κ1) is 12.3. The minimum Gasteiger partial charge on any atom is -0.370 e. The van der Waals surface area contributed by atoms with Crippen molar-refractivity contribution in [2.45, 2.75) is 6.92 Å². The van der Waals surface area contributed by atoms with Crippen LogP contribution in [0.4, 0.5) is 0 Å². The van der Waals surface area contributed by atoms with E-state index in [4.69, 9.17) is 4.74 Å². The zero-order chi connectivity index (χ0) is 12.3. The molecule has 0 aliphatic carbocycles. The maximum atomic E-state index is 12.2. The summed E-state index contributed by atoms with van der Waals surface area (Å²) in [5, 5.41) is 0. The minimum atomic E-state index is 0.231. The number of carbonyl (C=O) groups is 1. The molecule has 3 nitrogen and oxygen atoms in total. The van der Waals surface area contributed by atoms with Crippen molar-refractivity contribution in [2.75, 3.05) is 39.9 Å². The summed E-state index contributed by atoms with van der Waals surface area (Å²) in [5.74, 6) is 0.231. The van der Waals surface area contributed by atoms with Crippen LogP contribution in [0.25, 0.3) is 0 Å². The second-order valence-electron chi connectivity index (χ2n) is 5.13. The van der Waals surface area contributed by atoms with Crippen LogP contribution >= 0.6 is 0 Å². The third-order valence-electron chi connectivity index (χ3n) is 3.45. The number of hydrogen-bond acceptors (Lipinski definition) is 2. The fourth-order valence-corrected chi connectivity index (χ4v) is 2.12. The van der Waals surface area contributed by atoms with Crippen LogP contribution in [-0.4, -0.2) is 50.2 Å². The van der Waals surface area contributed by atoms with Gasteiger partial charge >= 0.3 is 0 Å². The monoisotopic (exact) mass is 234 g/mol. The summed E-state index contributed by atoms with van der Waals surface area (Å²) in [4.78, 5) is 12.2. The molecule has 0 N–H and O–H groups in total. The van der Waals surface area contributed by atoms with Gasteiger partial charge in [-0.3, -0.25) is 4.79 Å². The number of morpholine rings is 1. The van der Waals surface area contributed by atoms with E-state index in [1.54, 1.807) is 0 Å². The van der Waals surface area contributed by atoms with Gasteiger partial charge in [0.1, 0.15) is 19.6 Å². The first-order chi connectivity index (χ1) is 8.09. The number of rotatable bonds is 3. The normalized spacial score (nSPS) is 18.9. The molecule has 17 heavy (non-hydrogen) atoms. The van der Waals surface area contributed by atoms with Gasteiger partial charge < -0.3 is 9.22 Å². The van der Waals surface area contributed by atoms with Crippen LogP contribution in [0.1, 0.15) is 15.9 Å². The fourth-order valence-electron chi connectivity index (χ4n) is 2.12. The van der Waals surface area contributed by atoms with E-state index in [0.29, 0.717) is 6.54 Å². The van der Waals surface area contributed by atoms with Crippen LogP contribution in [0.5, 0.6) is 0 Å².